The van der Waals surface area contributed by atoms with Crippen molar-refractivity contribution in [3.63, 3.8) is 0 Å². The van der Waals surface area contributed by atoms with E-state index < -0.39 is 0 Å². The van der Waals surface area contributed by atoms with Crippen LogP contribution in [-0.4, -0.2) is 41.4 Å². The van der Waals surface area contributed by atoms with Crippen molar-refractivity contribution in [3.05, 3.63) is 35.9 Å². The van der Waals surface area contributed by atoms with E-state index in [1.807, 2.05) is 0 Å². The SMILES string of the molecule is C[C@@H]1C[C@H]2CN(Cc3ccccc3)CCC(=O)N2C1. The number of fused-ring (bicyclic) bond motifs is 1. The number of nitrogens with zero attached hydrogens (tertiary/aromatic N) is 2. The van der Waals surface area contributed by atoms with Crippen LogP contribution in [0.15, 0.2) is 30.3 Å². The van der Waals surface area contributed by atoms with Crippen LogP contribution in [0.3, 0.4) is 0 Å². The van der Waals surface area contributed by atoms with Gasteiger partial charge in [0, 0.05) is 38.6 Å². The zero-order valence-electron chi connectivity index (χ0n) is 11.6. The van der Waals surface area contributed by atoms with Crippen molar-refractivity contribution in [2.45, 2.75) is 32.4 Å². The zero-order valence-corrected chi connectivity index (χ0v) is 11.6. The Kier molecular flexibility index (Phi) is 3.56. The Balaban J connectivity index is 1.69. The molecule has 1 amide bonds. The average Bonchev–Trinajstić information content (AvgIpc) is 2.71. The van der Waals surface area contributed by atoms with Crippen LogP contribution in [0.1, 0.15) is 25.3 Å². The molecule has 0 unspecified atom stereocenters. The molecule has 0 aliphatic carbocycles. The predicted octanol–water partition coefficient (Wildman–Crippen LogP) is 2.13. The van der Waals surface area contributed by atoms with Crippen LogP contribution in [0.5, 0.6) is 0 Å². The fourth-order valence-electron chi connectivity index (χ4n) is 3.40. The molecule has 0 aromatic heterocycles. The van der Waals surface area contributed by atoms with Gasteiger partial charge >= 0.3 is 0 Å². The Morgan fingerprint density at radius 3 is 2.79 bits per heavy atom. The summed E-state index contributed by atoms with van der Waals surface area (Å²) in [5.41, 5.74) is 1.34. The number of amides is 1. The van der Waals surface area contributed by atoms with E-state index in [4.69, 9.17) is 0 Å². The van der Waals surface area contributed by atoms with Gasteiger partial charge in [0.25, 0.3) is 0 Å². The molecule has 3 rings (SSSR count). The Morgan fingerprint density at radius 1 is 1.21 bits per heavy atom. The van der Waals surface area contributed by atoms with Gasteiger partial charge in [0.15, 0.2) is 0 Å². The fourth-order valence-corrected chi connectivity index (χ4v) is 3.40. The van der Waals surface area contributed by atoms with Gasteiger partial charge in [-0.1, -0.05) is 37.3 Å². The monoisotopic (exact) mass is 258 g/mol. The first-order chi connectivity index (χ1) is 9.22. The number of carbonyl (C=O) groups excluding carboxylic acids is 1. The lowest BCUT2D eigenvalue weighted by Crippen LogP contribution is -2.38. The Bertz CT molecular complexity index is 445. The molecule has 0 radical (unpaired) electrons. The third kappa shape index (κ3) is 2.81. The minimum atomic E-state index is 0.352. The summed E-state index contributed by atoms with van der Waals surface area (Å²) >= 11 is 0. The molecule has 3 nitrogen and oxygen atoms in total. The zero-order chi connectivity index (χ0) is 13.2. The number of hydrogen-bond donors (Lipinski definition) is 0. The van der Waals surface area contributed by atoms with Crippen molar-refractivity contribution >= 4 is 5.91 Å². The summed E-state index contributed by atoms with van der Waals surface area (Å²) in [7, 11) is 0. The summed E-state index contributed by atoms with van der Waals surface area (Å²) in [5, 5.41) is 0. The maximum atomic E-state index is 12.1. The minimum absolute atomic E-state index is 0.352. The minimum Gasteiger partial charge on any atom is -0.338 e. The molecule has 2 aliphatic heterocycles. The molecule has 0 saturated carbocycles. The molecule has 2 aliphatic rings. The third-order valence-corrected chi connectivity index (χ3v) is 4.30. The van der Waals surface area contributed by atoms with Crippen molar-refractivity contribution in [2.75, 3.05) is 19.6 Å². The van der Waals surface area contributed by atoms with Gasteiger partial charge in [0.2, 0.25) is 5.91 Å². The second kappa shape index (κ2) is 5.33. The van der Waals surface area contributed by atoms with Crippen molar-refractivity contribution in [1.82, 2.24) is 9.80 Å². The molecule has 1 aromatic rings. The molecule has 2 fully saturated rings. The standard InChI is InChI=1S/C16H22N2O/c1-13-9-15-12-17(8-7-16(19)18(15)10-13)11-14-5-3-2-4-6-14/h2-6,13,15H,7-12H2,1H3/t13-,15+/m1/s1. The number of benzene rings is 1. The molecular formula is C16H22N2O. The first-order valence-electron chi connectivity index (χ1n) is 7.28. The van der Waals surface area contributed by atoms with Crippen LogP contribution in [-0.2, 0) is 11.3 Å². The molecule has 1 aromatic carbocycles. The first-order valence-corrected chi connectivity index (χ1v) is 7.28. The van der Waals surface area contributed by atoms with E-state index in [0.717, 1.165) is 32.6 Å². The Labute approximate surface area is 115 Å². The Hall–Kier alpha value is -1.35. The molecular weight excluding hydrogens is 236 g/mol. The Morgan fingerprint density at radius 2 is 2.00 bits per heavy atom. The second-order valence-electron chi connectivity index (χ2n) is 6.01. The van der Waals surface area contributed by atoms with Gasteiger partial charge in [-0.05, 0) is 17.9 Å². The van der Waals surface area contributed by atoms with E-state index >= 15 is 0 Å². The molecule has 0 bridgehead atoms. The topological polar surface area (TPSA) is 23.6 Å². The van der Waals surface area contributed by atoms with E-state index in [2.05, 4.69) is 47.1 Å². The van der Waals surface area contributed by atoms with Crippen molar-refractivity contribution < 1.29 is 4.79 Å². The highest BCUT2D eigenvalue weighted by Crippen LogP contribution is 2.27. The van der Waals surface area contributed by atoms with E-state index in [9.17, 15) is 4.79 Å². The summed E-state index contributed by atoms with van der Waals surface area (Å²) < 4.78 is 0. The molecule has 2 saturated heterocycles. The summed E-state index contributed by atoms with van der Waals surface area (Å²) in [6, 6.07) is 11.0. The van der Waals surface area contributed by atoms with Crippen LogP contribution in [0.2, 0.25) is 0 Å². The normalized spacial score (nSPS) is 28.3. The molecule has 2 heterocycles. The highest BCUT2D eigenvalue weighted by atomic mass is 16.2. The quantitative estimate of drug-likeness (QED) is 0.811. The molecule has 0 N–H and O–H groups in total. The van der Waals surface area contributed by atoms with Gasteiger partial charge in [-0.15, -0.1) is 0 Å². The predicted molar refractivity (Wildman–Crippen MR) is 75.6 cm³/mol. The fraction of sp³-hybridized carbons (Fsp3) is 0.562. The van der Waals surface area contributed by atoms with E-state index in [-0.39, 0.29) is 0 Å². The van der Waals surface area contributed by atoms with Crippen molar-refractivity contribution in [2.24, 2.45) is 5.92 Å². The van der Waals surface area contributed by atoms with Gasteiger partial charge in [0.05, 0.1) is 0 Å². The smallest absolute Gasteiger partial charge is 0.224 e. The maximum absolute atomic E-state index is 12.1. The third-order valence-electron chi connectivity index (χ3n) is 4.30. The lowest BCUT2D eigenvalue weighted by molar-refractivity contribution is -0.131. The number of hydrogen-bond acceptors (Lipinski definition) is 2. The highest BCUT2D eigenvalue weighted by molar-refractivity contribution is 5.77. The van der Waals surface area contributed by atoms with Crippen LogP contribution in [0.25, 0.3) is 0 Å². The lowest BCUT2D eigenvalue weighted by Gasteiger charge is -2.25. The van der Waals surface area contributed by atoms with Crippen LogP contribution < -0.4 is 0 Å². The van der Waals surface area contributed by atoms with Gasteiger partial charge in [-0.25, -0.2) is 0 Å². The van der Waals surface area contributed by atoms with Gasteiger partial charge in [-0.2, -0.15) is 0 Å². The van der Waals surface area contributed by atoms with Crippen LogP contribution in [0, 0.1) is 5.92 Å². The van der Waals surface area contributed by atoms with E-state index in [1.165, 1.54) is 5.56 Å². The van der Waals surface area contributed by atoms with Crippen molar-refractivity contribution in [1.29, 1.82) is 0 Å². The summed E-state index contributed by atoms with van der Waals surface area (Å²) in [6.07, 6.45) is 1.84. The number of rotatable bonds is 2. The average molecular weight is 258 g/mol. The summed E-state index contributed by atoms with van der Waals surface area (Å²) in [6.45, 7) is 6.11. The van der Waals surface area contributed by atoms with Gasteiger partial charge in [0.1, 0.15) is 0 Å². The largest absolute Gasteiger partial charge is 0.338 e. The molecule has 2 atom stereocenters. The molecule has 0 spiro atoms. The number of carbonyl (C=O) groups is 1. The molecule has 102 valence electrons. The van der Waals surface area contributed by atoms with E-state index in [1.54, 1.807) is 0 Å². The maximum Gasteiger partial charge on any atom is 0.224 e. The summed E-state index contributed by atoms with van der Waals surface area (Å²) in [5.74, 6) is 1.01. The highest BCUT2D eigenvalue weighted by Gasteiger charge is 2.36. The van der Waals surface area contributed by atoms with Crippen molar-refractivity contribution in [3.8, 4) is 0 Å². The molecule has 3 heteroatoms. The van der Waals surface area contributed by atoms with Crippen LogP contribution in [0.4, 0.5) is 0 Å². The molecule has 19 heavy (non-hydrogen) atoms. The lowest BCUT2D eigenvalue weighted by atomic mass is 10.1. The van der Waals surface area contributed by atoms with Gasteiger partial charge < -0.3 is 4.90 Å². The second-order valence-corrected chi connectivity index (χ2v) is 6.01. The first kappa shape index (κ1) is 12.7. The summed E-state index contributed by atoms with van der Waals surface area (Å²) in [4.78, 5) is 16.7. The van der Waals surface area contributed by atoms with Crippen LogP contribution >= 0.6 is 0 Å². The van der Waals surface area contributed by atoms with Gasteiger partial charge in [-0.3, -0.25) is 9.69 Å². The van der Waals surface area contributed by atoms with E-state index in [0.29, 0.717) is 24.3 Å².